The quantitative estimate of drug-likeness (QED) is 0.840. The van der Waals surface area contributed by atoms with Gasteiger partial charge in [-0.2, -0.15) is 0 Å². The maximum absolute atomic E-state index is 12.2. The van der Waals surface area contributed by atoms with Crippen LogP contribution in [-0.2, 0) is 25.4 Å². The van der Waals surface area contributed by atoms with Crippen LogP contribution in [0.3, 0.4) is 0 Å². The van der Waals surface area contributed by atoms with Crippen molar-refractivity contribution >= 4 is 26.4 Å². The summed E-state index contributed by atoms with van der Waals surface area (Å²) < 4.78 is 34.7. The summed E-state index contributed by atoms with van der Waals surface area (Å²) in [5.41, 5.74) is 0. The number of hydrogen-bond donors (Lipinski definition) is 0. The van der Waals surface area contributed by atoms with Gasteiger partial charge in [0.25, 0.3) is 0 Å². The van der Waals surface area contributed by atoms with Crippen molar-refractivity contribution in [1.29, 1.82) is 0 Å². The minimum atomic E-state index is -3.23. The Morgan fingerprint density at radius 3 is 2.28 bits per heavy atom. The first-order valence-electron chi connectivity index (χ1n) is 5.60. The van der Waals surface area contributed by atoms with Gasteiger partial charge in [-0.3, -0.25) is 9.00 Å². The topological polar surface area (TPSA) is 68.3 Å². The molecule has 1 aliphatic carbocycles. The van der Waals surface area contributed by atoms with E-state index < -0.39 is 20.6 Å². The Labute approximate surface area is 109 Å². The summed E-state index contributed by atoms with van der Waals surface area (Å²) >= 11 is 0. The zero-order valence-corrected chi connectivity index (χ0v) is 11.6. The molecule has 2 atom stereocenters. The van der Waals surface area contributed by atoms with Crippen LogP contribution in [0.5, 0.6) is 0 Å². The predicted octanol–water partition coefficient (Wildman–Crippen LogP) is 1.32. The first-order chi connectivity index (χ1) is 8.38. The summed E-state index contributed by atoms with van der Waals surface area (Å²) in [6.07, 6.45) is 2.64. The Bertz CT molecular complexity index is 587. The van der Waals surface area contributed by atoms with Gasteiger partial charge >= 0.3 is 0 Å². The van der Waals surface area contributed by atoms with Gasteiger partial charge in [0.2, 0.25) is 0 Å². The Hall–Kier alpha value is -1.01. The van der Waals surface area contributed by atoms with Gasteiger partial charge in [0.05, 0.1) is 15.7 Å². The van der Waals surface area contributed by atoms with Crippen molar-refractivity contribution in [2.24, 2.45) is 0 Å². The molecule has 1 aromatic rings. The summed E-state index contributed by atoms with van der Waals surface area (Å²) in [7, 11) is -4.46. The molecule has 2 rings (SSSR count). The fourth-order valence-electron chi connectivity index (χ4n) is 1.98. The number of carbonyl (C=O) groups excluding carboxylic acids is 1. The Morgan fingerprint density at radius 1 is 1.22 bits per heavy atom. The monoisotopic (exact) mass is 286 g/mol. The van der Waals surface area contributed by atoms with Gasteiger partial charge in [0, 0.05) is 29.2 Å². The molecule has 0 amide bonds. The fraction of sp³-hybridized carbons (Fsp3) is 0.417. The lowest BCUT2D eigenvalue weighted by molar-refractivity contribution is -0.117. The van der Waals surface area contributed by atoms with Crippen LogP contribution in [0.4, 0.5) is 0 Å². The van der Waals surface area contributed by atoms with E-state index >= 15 is 0 Å². The molecule has 98 valence electrons. The highest BCUT2D eigenvalue weighted by Crippen LogP contribution is 2.25. The molecule has 0 radical (unpaired) electrons. The average molecular weight is 286 g/mol. The lowest BCUT2D eigenvalue weighted by Gasteiger charge is -2.08. The van der Waals surface area contributed by atoms with E-state index in [4.69, 9.17) is 0 Å². The van der Waals surface area contributed by atoms with E-state index in [0.717, 1.165) is 6.26 Å². The van der Waals surface area contributed by atoms with Crippen LogP contribution in [0.25, 0.3) is 0 Å². The van der Waals surface area contributed by atoms with Crippen molar-refractivity contribution in [1.82, 2.24) is 0 Å². The van der Waals surface area contributed by atoms with Gasteiger partial charge in [-0.15, -0.1) is 0 Å². The first-order valence-corrected chi connectivity index (χ1v) is 8.71. The third kappa shape index (κ3) is 2.87. The molecule has 0 aromatic heterocycles. The molecule has 0 bridgehead atoms. The van der Waals surface area contributed by atoms with Crippen molar-refractivity contribution < 1.29 is 17.4 Å². The summed E-state index contributed by atoms with van der Waals surface area (Å²) in [5.74, 6) is 0.154. The molecule has 18 heavy (non-hydrogen) atoms. The molecule has 0 N–H and O–H groups in total. The number of ketones is 1. The molecule has 1 aliphatic rings. The zero-order chi connectivity index (χ0) is 13.3. The lowest BCUT2D eigenvalue weighted by Crippen LogP contribution is -2.11. The minimum Gasteiger partial charge on any atom is -0.300 e. The molecule has 4 nitrogen and oxygen atoms in total. The van der Waals surface area contributed by atoms with Gasteiger partial charge in [-0.05, 0) is 30.7 Å². The highest BCUT2D eigenvalue weighted by molar-refractivity contribution is 7.90. The number of rotatable bonds is 3. The Kier molecular flexibility index (Phi) is 3.68. The van der Waals surface area contributed by atoms with Crippen LogP contribution in [0.15, 0.2) is 34.1 Å². The van der Waals surface area contributed by atoms with Gasteiger partial charge in [0.15, 0.2) is 9.84 Å². The van der Waals surface area contributed by atoms with Crippen LogP contribution in [-0.4, -0.2) is 29.9 Å². The number of carbonyl (C=O) groups is 1. The second-order valence-electron chi connectivity index (χ2n) is 4.44. The largest absolute Gasteiger partial charge is 0.300 e. The first kappa shape index (κ1) is 13.4. The van der Waals surface area contributed by atoms with E-state index in [0.29, 0.717) is 24.2 Å². The van der Waals surface area contributed by atoms with Crippen molar-refractivity contribution in [3.63, 3.8) is 0 Å². The van der Waals surface area contributed by atoms with E-state index in [1.165, 1.54) is 12.1 Å². The molecular formula is C12H14O4S2. The van der Waals surface area contributed by atoms with Crippen LogP contribution < -0.4 is 0 Å². The van der Waals surface area contributed by atoms with Crippen LogP contribution in [0.1, 0.15) is 19.3 Å². The van der Waals surface area contributed by atoms with Gasteiger partial charge in [-0.25, -0.2) is 8.42 Å². The SMILES string of the molecule is CS(=O)(=O)c1ccc(S(=O)C2CCC(=O)C2)cc1. The van der Waals surface area contributed by atoms with E-state index in [-0.39, 0.29) is 15.9 Å². The molecule has 1 aromatic carbocycles. The molecule has 0 heterocycles. The van der Waals surface area contributed by atoms with E-state index in [1.807, 2.05) is 0 Å². The fourth-order valence-corrected chi connectivity index (χ4v) is 4.07. The van der Waals surface area contributed by atoms with E-state index in [1.54, 1.807) is 12.1 Å². The molecule has 0 aliphatic heterocycles. The summed E-state index contributed by atoms with van der Waals surface area (Å²) in [6, 6.07) is 6.04. The van der Waals surface area contributed by atoms with Crippen LogP contribution >= 0.6 is 0 Å². The maximum Gasteiger partial charge on any atom is 0.175 e. The molecular weight excluding hydrogens is 272 g/mol. The van der Waals surface area contributed by atoms with E-state index in [9.17, 15) is 17.4 Å². The van der Waals surface area contributed by atoms with Gasteiger partial charge < -0.3 is 0 Å². The molecule has 1 fully saturated rings. The average Bonchev–Trinajstić information content (AvgIpc) is 2.74. The van der Waals surface area contributed by atoms with Crippen molar-refractivity contribution in [3.8, 4) is 0 Å². The van der Waals surface area contributed by atoms with Crippen molar-refractivity contribution in [2.75, 3.05) is 6.26 Å². The normalized spacial score (nSPS) is 22.1. The van der Waals surface area contributed by atoms with Crippen molar-refractivity contribution in [3.05, 3.63) is 24.3 Å². The van der Waals surface area contributed by atoms with E-state index in [2.05, 4.69) is 0 Å². The molecule has 1 saturated carbocycles. The van der Waals surface area contributed by atoms with Crippen LogP contribution in [0, 0.1) is 0 Å². The smallest absolute Gasteiger partial charge is 0.175 e. The highest BCUT2D eigenvalue weighted by atomic mass is 32.2. The van der Waals surface area contributed by atoms with Gasteiger partial charge in [-0.1, -0.05) is 0 Å². The van der Waals surface area contributed by atoms with Crippen LogP contribution in [0.2, 0.25) is 0 Å². The number of benzene rings is 1. The second-order valence-corrected chi connectivity index (χ2v) is 8.19. The minimum absolute atomic E-state index is 0.124. The second kappa shape index (κ2) is 4.93. The summed E-state index contributed by atoms with van der Waals surface area (Å²) in [6.45, 7) is 0. The third-order valence-corrected chi connectivity index (χ3v) is 5.86. The van der Waals surface area contributed by atoms with Crippen molar-refractivity contribution in [2.45, 2.75) is 34.3 Å². The Morgan fingerprint density at radius 2 is 1.83 bits per heavy atom. The molecule has 0 saturated heterocycles. The van der Waals surface area contributed by atoms with Gasteiger partial charge in [0.1, 0.15) is 5.78 Å². The predicted molar refractivity (Wildman–Crippen MR) is 68.6 cm³/mol. The standard InChI is InChI=1S/C12H14O4S2/c1-18(15,16)12-6-4-10(5-7-12)17(14)11-3-2-9(13)8-11/h4-7,11H,2-3,8H2,1H3. The molecule has 2 unspecified atom stereocenters. The maximum atomic E-state index is 12.2. The Balaban J connectivity index is 2.20. The number of Topliss-reactive ketones (excluding diaryl/α,β-unsaturated/α-hetero) is 1. The summed E-state index contributed by atoms with van der Waals surface area (Å²) in [4.78, 5) is 12.0. The number of hydrogen-bond acceptors (Lipinski definition) is 4. The lowest BCUT2D eigenvalue weighted by atomic mass is 10.3. The summed E-state index contributed by atoms with van der Waals surface area (Å²) in [5, 5.41) is -0.124. The molecule has 6 heteroatoms. The molecule has 0 spiro atoms. The highest BCUT2D eigenvalue weighted by Gasteiger charge is 2.28. The zero-order valence-electron chi connectivity index (χ0n) is 9.96. The number of sulfone groups is 1. The third-order valence-electron chi connectivity index (χ3n) is 2.99.